The molecule has 0 fully saturated rings. The smallest absolute Gasteiger partial charge is 0.417 e. The lowest BCUT2D eigenvalue weighted by molar-refractivity contribution is -0.137. The average Bonchev–Trinajstić information content (AvgIpc) is 2.56. The molecule has 18 heavy (non-hydrogen) atoms. The van der Waals surface area contributed by atoms with Gasteiger partial charge in [-0.1, -0.05) is 18.2 Å². The molecule has 0 unspecified atom stereocenters. The van der Waals surface area contributed by atoms with Crippen LogP contribution in [0.15, 0.2) is 24.3 Å². The van der Waals surface area contributed by atoms with Gasteiger partial charge in [0.15, 0.2) is 0 Å². The predicted octanol–water partition coefficient (Wildman–Crippen LogP) is 3.12. The van der Waals surface area contributed by atoms with Crippen LogP contribution < -0.4 is 0 Å². The minimum absolute atomic E-state index is 0.0293. The summed E-state index contributed by atoms with van der Waals surface area (Å²) < 4.78 is 39.8. The molecule has 0 radical (unpaired) electrons. The number of hydrogen-bond acceptors (Lipinski definition) is 2. The second-order valence-corrected chi connectivity index (χ2v) is 3.96. The molecule has 0 saturated carbocycles. The van der Waals surface area contributed by atoms with Crippen LogP contribution in [0.25, 0.3) is 11.3 Å². The van der Waals surface area contributed by atoms with Crippen molar-refractivity contribution in [1.82, 2.24) is 9.78 Å². The van der Waals surface area contributed by atoms with Crippen molar-refractivity contribution < 1.29 is 18.3 Å². The molecule has 6 heteroatoms. The molecule has 2 rings (SSSR count). The van der Waals surface area contributed by atoms with Gasteiger partial charge in [-0.15, -0.1) is 0 Å². The summed E-state index contributed by atoms with van der Waals surface area (Å²) in [6.45, 7) is 1.53. The molecular weight excluding hydrogens is 245 g/mol. The summed E-state index contributed by atoms with van der Waals surface area (Å²) in [6.07, 6.45) is -4.45. The molecule has 1 N–H and O–H groups in total. The largest absolute Gasteiger partial charge is 0.493 e. The summed E-state index contributed by atoms with van der Waals surface area (Å²) >= 11 is 0. The van der Waals surface area contributed by atoms with Crippen molar-refractivity contribution in [3.05, 3.63) is 35.4 Å². The van der Waals surface area contributed by atoms with Crippen LogP contribution in [0, 0.1) is 6.92 Å². The molecule has 2 aromatic rings. The van der Waals surface area contributed by atoms with Gasteiger partial charge >= 0.3 is 6.18 Å². The van der Waals surface area contributed by atoms with Crippen molar-refractivity contribution in [2.45, 2.75) is 13.1 Å². The Kier molecular flexibility index (Phi) is 2.80. The fourth-order valence-electron chi connectivity index (χ4n) is 1.81. The summed E-state index contributed by atoms with van der Waals surface area (Å²) in [4.78, 5) is 0. The molecule has 3 nitrogen and oxygen atoms in total. The van der Waals surface area contributed by atoms with Crippen LogP contribution in [0.4, 0.5) is 13.2 Å². The summed E-state index contributed by atoms with van der Waals surface area (Å²) in [5, 5.41) is 13.5. The topological polar surface area (TPSA) is 38.0 Å². The zero-order chi connectivity index (χ0) is 13.5. The number of hydrogen-bond donors (Lipinski definition) is 1. The van der Waals surface area contributed by atoms with Gasteiger partial charge in [0.05, 0.1) is 11.3 Å². The van der Waals surface area contributed by atoms with E-state index in [4.69, 9.17) is 0 Å². The third kappa shape index (κ3) is 1.94. The van der Waals surface area contributed by atoms with Crippen LogP contribution in [0.3, 0.4) is 0 Å². The van der Waals surface area contributed by atoms with Gasteiger partial charge in [-0.05, 0) is 13.0 Å². The van der Waals surface area contributed by atoms with Gasteiger partial charge in [0, 0.05) is 18.2 Å². The Bertz CT molecular complexity index is 587. The van der Waals surface area contributed by atoms with Crippen LogP contribution in [-0.4, -0.2) is 14.9 Å². The van der Waals surface area contributed by atoms with Crippen molar-refractivity contribution in [3.63, 3.8) is 0 Å². The minimum atomic E-state index is -4.45. The van der Waals surface area contributed by atoms with E-state index in [-0.39, 0.29) is 17.1 Å². The van der Waals surface area contributed by atoms with Gasteiger partial charge in [0.25, 0.3) is 0 Å². The maximum Gasteiger partial charge on any atom is 0.417 e. The molecule has 1 aromatic carbocycles. The standard InChI is InChI=1S/C12H11F3N2O/c1-7-10(16-17(2)11(7)18)8-5-3-4-6-9(8)12(13,14)15/h3-6,18H,1-2H3. The lowest BCUT2D eigenvalue weighted by Crippen LogP contribution is -2.07. The molecule has 96 valence electrons. The number of rotatable bonds is 1. The van der Waals surface area contributed by atoms with Gasteiger partial charge in [-0.3, -0.25) is 0 Å². The highest BCUT2D eigenvalue weighted by molar-refractivity contribution is 5.69. The van der Waals surface area contributed by atoms with Crippen molar-refractivity contribution >= 4 is 0 Å². The Morgan fingerprint density at radius 3 is 2.33 bits per heavy atom. The Labute approximate surface area is 101 Å². The maximum atomic E-state index is 12.9. The first kappa shape index (κ1) is 12.5. The third-order valence-electron chi connectivity index (χ3n) is 2.73. The van der Waals surface area contributed by atoms with Gasteiger partial charge in [0.2, 0.25) is 5.88 Å². The van der Waals surface area contributed by atoms with E-state index < -0.39 is 11.7 Å². The number of benzene rings is 1. The lowest BCUT2D eigenvalue weighted by Gasteiger charge is -2.11. The number of aromatic hydroxyl groups is 1. The zero-order valence-electron chi connectivity index (χ0n) is 9.78. The highest BCUT2D eigenvalue weighted by Gasteiger charge is 2.34. The lowest BCUT2D eigenvalue weighted by atomic mass is 10.0. The van der Waals surface area contributed by atoms with E-state index in [2.05, 4.69) is 5.10 Å². The Hall–Kier alpha value is -1.98. The van der Waals surface area contributed by atoms with E-state index in [9.17, 15) is 18.3 Å². The maximum absolute atomic E-state index is 12.9. The molecule has 0 amide bonds. The summed E-state index contributed by atoms with van der Waals surface area (Å²) in [7, 11) is 1.47. The van der Waals surface area contributed by atoms with Crippen LogP contribution in [0.1, 0.15) is 11.1 Å². The fraction of sp³-hybridized carbons (Fsp3) is 0.250. The predicted molar refractivity (Wildman–Crippen MR) is 60.0 cm³/mol. The van der Waals surface area contributed by atoms with Gasteiger partial charge in [-0.25, -0.2) is 4.68 Å². The molecule has 0 aliphatic carbocycles. The van der Waals surface area contributed by atoms with E-state index >= 15 is 0 Å². The van der Waals surface area contributed by atoms with Crippen molar-refractivity contribution in [3.8, 4) is 17.1 Å². The molecule has 0 saturated heterocycles. The number of halogens is 3. The van der Waals surface area contributed by atoms with Gasteiger partial charge < -0.3 is 5.11 Å². The summed E-state index contributed by atoms with van der Waals surface area (Å²) in [6, 6.07) is 5.18. The molecule has 0 aliphatic heterocycles. The highest BCUT2D eigenvalue weighted by atomic mass is 19.4. The Morgan fingerprint density at radius 2 is 1.83 bits per heavy atom. The summed E-state index contributed by atoms with van der Waals surface area (Å²) in [5.41, 5.74) is -0.318. The highest BCUT2D eigenvalue weighted by Crippen LogP contribution is 2.38. The van der Waals surface area contributed by atoms with E-state index in [1.165, 1.54) is 32.2 Å². The van der Waals surface area contributed by atoms with Crippen LogP contribution in [-0.2, 0) is 13.2 Å². The first-order valence-corrected chi connectivity index (χ1v) is 5.21. The monoisotopic (exact) mass is 256 g/mol. The fourth-order valence-corrected chi connectivity index (χ4v) is 1.81. The van der Waals surface area contributed by atoms with E-state index in [0.717, 1.165) is 10.7 Å². The molecule has 1 heterocycles. The zero-order valence-corrected chi connectivity index (χ0v) is 9.78. The van der Waals surface area contributed by atoms with Gasteiger partial charge in [-0.2, -0.15) is 18.3 Å². The van der Waals surface area contributed by atoms with Crippen molar-refractivity contribution in [1.29, 1.82) is 0 Å². The number of nitrogens with zero attached hydrogens (tertiary/aromatic N) is 2. The molecule has 1 aromatic heterocycles. The van der Waals surface area contributed by atoms with Crippen LogP contribution in [0.5, 0.6) is 5.88 Å². The molecule has 0 bridgehead atoms. The SMILES string of the molecule is Cc1c(-c2ccccc2C(F)(F)F)nn(C)c1O. The molecule has 0 atom stereocenters. The van der Waals surface area contributed by atoms with Crippen LogP contribution >= 0.6 is 0 Å². The van der Waals surface area contributed by atoms with E-state index in [1.54, 1.807) is 0 Å². The minimum Gasteiger partial charge on any atom is -0.493 e. The number of alkyl halides is 3. The molecule has 0 aliphatic rings. The van der Waals surface area contributed by atoms with E-state index in [1.807, 2.05) is 0 Å². The Balaban J connectivity index is 2.68. The average molecular weight is 256 g/mol. The molecule has 0 spiro atoms. The summed E-state index contributed by atoms with van der Waals surface area (Å²) in [5.74, 6) is -0.137. The normalized spacial score (nSPS) is 11.8. The third-order valence-corrected chi connectivity index (χ3v) is 2.73. The van der Waals surface area contributed by atoms with Crippen molar-refractivity contribution in [2.75, 3.05) is 0 Å². The van der Waals surface area contributed by atoms with E-state index in [0.29, 0.717) is 5.56 Å². The quantitative estimate of drug-likeness (QED) is 0.851. The second kappa shape index (κ2) is 4.04. The number of aromatic nitrogens is 2. The first-order valence-electron chi connectivity index (χ1n) is 5.21. The second-order valence-electron chi connectivity index (χ2n) is 3.96. The first-order chi connectivity index (χ1) is 8.32. The Morgan fingerprint density at radius 1 is 1.22 bits per heavy atom. The molecular formula is C12H11F3N2O. The number of aryl methyl sites for hydroxylation is 1. The van der Waals surface area contributed by atoms with Crippen molar-refractivity contribution in [2.24, 2.45) is 7.05 Å². The van der Waals surface area contributed by atoms with Gasteiger partial charge in [0.1, 0.15) is 0 Å². The van der Waals surface area contributed by atoms with Crippen LogP contribution in [0.2, 0.25) is 0 Å².